The second kappa shape index (κ2) is 8.81. The van der Waals surface area contributed by atoms with Crippen LogP contribution in [-0.2, 0) is 4.74 Å². The maximum absolute atomic E-state index is 13.0. The molecule has 0 saturated carbocycles. The van der Waals surface area contributed by atoms with Crippen LogP contribution in [-0.4, -0.2) is 59.9 Å². The Bertz CT molecular complexity index is 1240. The Morgan fingerprint density at radius 3 is 2.84 bits per heavy atom. The highest BCUT2D eigenvalue weighted by Crippen LogP contribution is 2.42. The first-order valence-corrected chi connectivity index (χ1v) is 10.8. The number of thiophene rings is 1. The number of tetrazole rings is 1. The van der Waals surface area contributed by atoms with Gasteiger partial charge in [0.1, 0.15) is 16.4 Å². The van der Waals surface area contributed by atoms with Gasteiger partial charge >= 0.3 is 0 Å². The third-order valence-corrected chi connectivity index (χ3v) is 6.19. The van der Waals surface area contributed by atoms with Crippen LogP contribution in [0, 0.1) is 0 Å². The number of benzene rings is 2. The number of H-pyrrole nitrogens is 1. The Hall–Kier alpha value is -3.70. The molecular formula is C21H20N6O4S. The van der Waals surface area contributed by atoms with Crippen LogP contribution in [0.2, 0.25) is 0 Å². The molecule has 32 heavy (non-hydrogen) atoms. The highest BCUT2D eigenvalue weighted by molar-refractivity contribution is 7.21. The van der Waals surface area contributed by atoms with E-state index in [1.807, 2.05) is 42.5 Å². The van der Waals surface area contributed by atoms with Gasteiger partial charge in [0.15, 0.2) is 5.75 Å². The van der Waals surface area contributed by atoms with Crippen LogP contribution < -0.4 is 19.7 Å². The zero-order chi connectivity index (χ0) is 21.9. The number of morpholine rings is 1. The second-order valence-electron chi connectivity index (χ2n) is 7.01. The molecule has 0 atom stereocenters. The third-order valence-electron chi connectivity index (χ3n) is 5.04. The number of hydrogen-bond acceptors (Lipinski definition) is 9. The molecule has 0 radical (unpaired) electrons. The minimum atomic E-state index is -0.383. The summed E-state index contributed by atoms with van der Waals surface area (Å²) in [5, 5.41) is 16.8. The van der Waals surface area contributed by atoms with Crippen LogP contribution in [0.1, 0.15) is 9.67 Å². The molecule has 1 fully saturated rings. The predicted octanol–water partition coefficient (Wildman–Crippen LogP) is 3.30. The Labute approximate surface area is 187 Å². The van der Waals surface area contributed by atoms with E-state index in [2.05, 4.69) is 30.8 Å². The highest BCUT2D eigenvalue weighted by Gasteiger charge is 2.23. The number of carbonyl (C=O) groups is 1. The van der Waals surface area contributed by atoms with E-state index in [9.17, 15) is 4.79 Å². The molecule has 2 aromatic carbocycles. The van der Waals surface area contributed by atoms with Gasteiger partial charge in [-0.1, -0.05) is 11.2 Å². The molecule has 11 heteroatoms. The van der Waals surface area contributed by atoms with Crippen molar-refractivity contribution in [2.24, 2.45) is 0 Å². The maximum Gasteiger partial charge on any atom is 0.272 e. The molecule has 0 bridgehead atoms. The second-order valence-corrected chi connectivity index (χ2v) is 8.06. The topological polar surface area (TPSA) is 114 Å². The summed E-state index contributed by atoms with van der Waals surface area (Å²) in [6.45, 7) is 3.03. The molecule has 1 aliphatic rings. The molecule has 1 aliphatic heterocycles. The summed E-state index contributed by atoms with van der Waals surface area (Å²) in [6.07, 6.45) is 0. The number of rotatable bonds is 6. The fraction of sp³-hybridized carbons (Fsp3) is 0.238. The summed E-state index contributed by atoms with van der Waals surface area (Å²) < 4.78 is 18.0. The van der Waals surface area contributed by atoms with Crippen LogP contribution in [0.4, 0.5) is 11.6 Å². The molecule has 2 aromatic heterocycles. The summed E-state index contributed by atoms with van der Waals surface area (Å²) in [7, 11) is 1.60. The van der Waals surface area contributed by atoms with Crippen LogP contribution in [0.15, 0.2) is 42.5 Å². The van der Waals surface area contributed by atoms with Gasteiger partial charge in [0.25, 0.3) is 11.9 Å². The quantitative estimate of drug-likeness (QED) is 0.458. The smallest absolute Gasteiger partial charge is 0.272 e. The van der Waals surface area contributed by atoms with E-state index in [1.165, 1.54) is 11.3 Å². The fourth-order valence-corrected chi connectivity index (χ4v) is 4.49. The number of anilines is 2. The average molecular weight is 452 g/mol. The summed E-state index contributed by atoms with van der Waals surface area (Å²) in [4.78, 5) is 15.6. The molecule has 3 heterocycles. The number of nitrogens with zero attached hydrogens (tertiary/aromatic N) is 4. The molecule has 4 aromatic rings. The first-order chi connectivity index (χ1) is 15.7. The van der Waals surface area contributed by atoms with Crippen molar-refractivity contribution >= 4 is 39.0 Å². The number of hydrogen-bond donors (Lipinski definition) is 2. The lowest BCUT2D eigenvalue weighted by atomic mass is 10.2. The van der Waals surface area contributed by atoms with E-state index in [0.29, 0.717) is 35.3 Å². The molecule has 0 spiro atoms. The molecule has 0 unspecified atom stereocenters. The molecule has 1 amide bonds. The van der Waals surface area contributed by atoms with Gasteiger partial charge < -0.3 is 19.1 Å². The maximum atomic E-state index is 13.0. The van der Waals surface area contributed by atoms with Gasteiger partial charge in [-0.3, -0.25) is 10.1 Å². The Morgan fingerprint density at radius 2 is 2.06 bits per heavy atom. The molecule has 2 N–H and O–H groups in total. The van der Waals surface area contributed by atoms with Crippen molar-refractivity contribution in [3.8, 4) is 17.2 Å². The van der Waals surface area contributed by atoms with Gasteiger partial charge in [0.05, 0.1) is 20.3 Å². The van der Waals surface area contributed by atoms with E-state index in [-0.39, 0.29) is 11.9 Å². The lowest BCUT2D eigenvalue weighted by Crippen LogP contribution is -2.36. The number of aromatic amines is 1. The standard InChI is InChI=1S/C21H20N6O4S/c1-29-14-5-6-17-16(12-14)18(19(32-17)20(28)22-21-23-25-26-24-21)31-15-4-2-3-13(11-15)27-7-9-30-10-8-27/h2-6,11-12H,7-10H2,1H3,(H2,22,23,24,25,26,28). The van der Waals surface area contributed by atoms with E-state index in [4.69, 9.17) is 14.2 Å². The first-order valence-electron chi connectivity index (χ1n) is 9.97. The zero-order valence-electron chi connectivity index (χ0n) is 17.2. The SMILES string of the molecule is COc1ccc2sc(C(=O)Nc3nn[nH]n3)c(Oc3cccc(N4CCOCC4)c3)c2c1. The van der Waals surface area contributed by atoms with Gasteiger partial charge in [-0.2, -0.15) is 5.21 Å². The molecule has 10 nitrogen and oxygen atoms in total. The monoisotopic (exact) mass is 452 g/mol. The number of ether oxygens (including phenoxy) is 3. The number of amides is 1. The summed E-state index contributed by atoms with van der Waals surface area (Å²) >= 11 is 1.32. The molecule has 164 valence electrons. The normalized spacial score (nSPS) is 13.8. The van der Waals surface area contributed by atoms with Crippen molar-refractivity contribution in [1.29, 1.82) is 0 Å². The van der Waals surface area contributed by atoms with Gasteiger partial charge in [-0.05, 0) is 35.5 Å². The van der Waals surface area contributed by atoms with E-state index in [1.54, 1.807) is 7.11 Å². The highest BCUT2D eigenvalue weighted by atomic mass is 32.1. The molecule has 1 saturated heterocycles. The Morgan fingerprint density at radius 1 is 1.19 bits per heavy atom. The van der Waals surface area contributed by atoms with Crippen LogP contribution in [0.5, 0.6) is 17.2 Å². The largest absolute Gasteiger partial charge is 0.497 e. The van der Waals surface area contributed by atoms with E-state index < -0.39 is 0 Å². The lowest BCUT2D eigenvalue weighted by Gasteiger charge is -2.29. The van der Waals surface area contributed by atoms with Gasteiger partial charge in [0, 0.05) is 34.9 Å². The summed E-state index contributed by atoms with van der Waals surface area (Å²) in [5.74, 6) is 1.46. The molecule has 5 rings (SSSR count). The average Bonchev–Trinajstić information content (AvgIpc) is 3.47. The van der Waals surface area contributed by atoms with E-state index >= 15 is 0 Å². The number of fused-ring (bicyclic) bond motifs is 1. The van der Waals surface area contributed by atoms with Crippen LogP contribution in [0.25, 0.3) is 10.1 Å². The van der Waals surface area contributed by atoms with Gasteiger partial charge in [-0.15, -0.1) is 16.4 Å². The minimum Gasteiger partial charge on any atom is -0.497 e. The Balaban J connectivity index is 1.52. The predicted molar refractivity (Wildman–Crippen MR) is 120 cm³/mol. The van der Waals surface area contributed by atoms with Crippen molar-refractivity contribution in [2.75, 3.05) is 43.6 Å². The summed E-state index contributed by atoms with van der Waals surface area (Å²) in [6, 6.07) is 13.4. The van der Waals surface area contributed by atoms with Crippen LogP contribution in [0.3, 0.4) is 0 Å². The zero-order valence-corrected chi connectivity index (χ0v) is 18.0. The van der Waals surface area contributed by atoms with Crippen molar-refractivity contribution in [3.63, 3.8) is 0 Å². The number of carbonyl (C=O) groups excluding carboxylic acids is 1. The summed E-state index contributed by atoms with van der Waals surface area (Å²) in [5.41, 5.74) is 1.04. The van der Waals surface area contributed by atoms with Gasteiger partial charge in [-0.25, -0.2) is 0 Å². The van der Waals surface area contributed by atoms with Crippen molar-refractivity contribution < 1.29 is 19.0 Å². The third kappa shape index (κ3) is 4.07. The minimum absolute atomic E-state index is 0.0882. The number of nitrogens with one attached hydrogen (secondary N) is 2. The van der Waals surface area contributed by atoms with Crippen molar-refractivity contribution in [3.05, 3.63) is 47.3 Å². The van der Waals surface area contributed by atoms with E-state index in [0.717, 1.165) is 28.9 Å². The van der Waals surface area contributed by atoms with Crippen molar-refractivity contribution in [1.82, 2.24) is 20.6 Å². The molecule has 0 aliphatic carbocycles. The Kier molecular flexibility index (Phi) is 5.57. The van der Waals surface area contributed by atoms with Crippen LogP contribution >= 0.6 is 11.3 Å². The van der Waals surface area contributed by atoms with Gasteiger partial charge in [0.2, 0.25) is 0 Å². The molecular weight excluding hydrogens is 432 g/mol. The van der Waals surface area contributed by atoms with Crippen molar-refractivity contribution in [2.45, 2.75) is 0 Å². The first kappa shape index (κ1) is 20.2. The number of aromatic nitrogens is 4. The number of methoxy groups -OCH3 is 1. The fourth-order valence-electron chi connectivity index (χ4n) is 3.49. The lowest BCUT2D eigenvalue weighted by molar-refractivity contribution is 0.102.